The second-order valence-corrected chi connectivity index (χ2v) is 10.5. The van der Waals surface area contributed by atoms with Gasteiger partial charge in [0.05, 0.1) is 16.6 Å². The van der Waals surface area contributed by atoms with Crippen LogP contribution in [0.3, 0.4) is 0 Å². The quantitative estimate of drug-likeness (QED) is 0.394. The molecule has 10 heteroatoms. The molecule has 0 atom stereocenters. The smallest absolute Gasteiger partial charge is 0.269 e. The molecule has 5 heterocycles. The topological polar surface area (TPSA) is 112 Å². The van der Waals surface area contributed by atoms with Gasteiger partial charge in [0.15, 0.2) is 17.2 Å². The van der Waals surface area contributed by atoms with Gasteiger partial charge in [-0.15, -0.1) is 0 Å². The van der Waals surface area contributed by atoms with Gasteiger partial charge in [0.1, 0.15) is 17.9 Å². The minimum absolute atomic E-state index is 0.0917. The lowest BCUT2D eigenvalue weighted by atomic mass is 10.1. The molecule has 0 saturated carbocycles. The molecule has 0 spiro atoms. The van der Waals surface area contributed by atoms with Crippen LogP contribution in [0.25, 0.3) is 33.7 Å². The number of aromatic nitrogens is 4. The summed E-state index contributed by atoms with van der Waals surface area (Å²) in [5.41, 5.74) is 2.77. The average Bonchev–Trinajstić information content (AvgIpc) is 3.60. The van der Waals surface area contributed by atoms with Crippen LogP contribution < -0.4 is 0 Å². The highest BCUT2D eigenvalue weighted by Gasteiger charge is 2.28. The molecule has 5 aromatic rings. The van der Waals surface area contributed by atoms with Gasteiger partial charge in [0.25, 0.3) is 10.0 Å². The number of fused-ring (bicyclic) bond motifs is 3. The molecule has 6 rings (SSSR count). The highest BCUT2D eigenvalue weighted by Crippen LogP contribution is 2.37. The van der Waals surface area contributed by atoms with Gasteiger partial charge in [0, 0.05) is 30.8 Å². The first-order valence-electron chi connectivity index (χ1n) is 11.5. The van der Waals surface area contributed by atoms with E-state index in [1.165, 1.54) is 3.97 Å². The number of rotatable bonds is 5. The Morgan fingerprint density at radius 1 is 1.09 bits per heavy atom. The molecule has 0 bridgehead atoms. The molecular weight excluding hydrogens is 468 g/mol. The molecule has 180 valence electrons. The second-order valence-electron chi connectivity index (χ2n) is 8.73. The van der Waals surface area contributed by atoms with Gasteiger partial charge >= 0.3 is 0 Å². The Morgan fingerprint density at radius 2 is 1.86 bits per heavy atom. The summed E-state index contributed by atoms with van der Waals surface area (Å²) < 4.78 is 41.7. The standard InChI is InChI=1S/C25H24N4O5S/c1-16-2-5-19(6-3-16)35(31,32)28-11-8-20-23-21(14-26-24(20)28)27-25(22-7-4-18(15-30)34-22)29(23)17-9-12-33-13-10-17/h2-8,11,14,17,30H,9-10,12-13,15H2,1H3. The minimum atomic E-state index is -3.83. The number of pyridine rings is 1. The molecule has 1 aromatic carbocycles. The molecule has 4 aromatic heterocycles. The van der Waals surface area contributed by atoms with Crippen LogP contribution in [0, 0.1) is 6.92 Å². The van der Waals surface area contributed by atoms with Gasteiger partial charge in [-0.1, -0.05) is 17.7 Å². The first kappa shape index (κ1) is 22.0. The first-order chi connectivity index (χ1) is 17.0. The molecule has 9 nitrogen and oxygen atoms in total. The number of nitrogens with zero attached hydrogens (tertiary/aromatic N) is 4. The molecule has 0 amide bonds. The summed E-state index contributed by atoms with van der Waals surface area (Å²) in [6, 6.07) is 12.2. The zero-order valence-corrected chi connectivity index (χ0v) is 19.9. The van der Waals surface area contributed by atoms with E-state index in [2.05, 4.69) is 9.55 Å². The Hall–Kier alpha value is -3.47. The number of furan rings is 1. The Kier molecular flexibility index (Phi) is 5.24. The van der Waals surface area contributed by atoms with Crippen LogP contribution in [-0.2, 0) is 21.4 Å². The maximum atomic E-state index is 13.5. The lowest BCUT2D eigenvalue weighted by Gasteiger charge is -2.25. The normalized spacial score (nSPS) is 15.4. The largest absolute Gasteiger partial charge is 0.455 e. The number of ether oxygens (including phenoxy) is 1. The molecule has 0 radical (unpaired) electrons. The van der Waals surface area contributed by atoms with E-state index in [0.717, 1.165) is 23.9 Å². The Bertz CT molecular complexity index is 1640. The molecular formula is C25H24N4O5S. The van der Waals surface area contributed by atoms with Crippen LogP contribution >= 0.6 is 0 Å². The van der Waals surface area contributed by atoms with E-state index in [1.807, 2.05) is 6.92 Å². The van der Waals surface area contributed by atoms with Crippen molar-refractivity contribution in [3.8, 4) is 11.6 Å². The van der Waals surface area contributed by atoms with Crippen molar-refractivity contribution < 1.29 is 22.7 Å². The molecule has 1 aliphatic rings. The SMILES string of the molecule is Cc1ccc(S(=O)(=O)n2ccc3c2ncc2nc(-c4ccc(CO)o4)n(C4CCOCC4)c23)cc1. The van der Waals surface area contributed by atoms with Crippen LogP contribution in [0.5, 0.6) is 0 Å². The number of aliphatic hydroxyl groups excluding tert-OH is 1. The third-order valence-electron chi connectivity index (χ3n) is 6.50. The third-order valence-corrected chi connectivity index (χ3v) is 8.18. The third kappa shape index (κ3) is 3.56. The summed E-state index contributed by atoms with van der Waals surface area (Å²) >= 11 is 0. The summed E-state index contributed by atoms with van der Waals surface area (Å²) in [5, 5.41) is 10.2. The van der Waals surface area contributed by atoms with Crippen LogP contribution in [0.15, 0.2) is 64.2 Å². The maximum Gasteiger partial charge on any atom is 0.269 e. The van der Waals surface area contributed by atoms with Gasteiger partial charge in [-0.05, 0) is 50.1 Å². The van der Waals surface area contributed by atoms with E-state index in [4.69, 9.17) is 14.1 Å². The van der Waals surface area contributed by atoms with Gasteiger partial charge in [-0.25, -0.2) is 22.4 Å². The Labute approximate surface area is 201 Å². The van der Waals surface area contributed by atoms with Crippen molar-refractivity contribution in [1.29, 1.82) is 0 Å². The fraction of sp³-hybridized carbons (Fsp3) is 0.280. The van der Waals surface area contributed by atoms with Crippen molar-refractivity contribution in [2.75, 3.05) is 13.2 Å². The summed E-state index contributed by atoms with van der Waals surface area (Å²) in [6.07, 6.45) is 4.73. The van der Waals surface area contributed by atoms with Crippen molar-refractivity contribution in [3.63, 3.8) is 0 Å². The maximum absolute atomic E-state index is 13.5. The summed E-state index contributed by atoms with van der Waals surface area (Å²) in [6.45, 7) is 2.96. The number of hydrogen-bond acceptors (Lipinski definition) is 7. The first-order valence-corrected chi connectivity index (χ1v) is 12.9. The summed E-state index contributed by atoms with van der Waals surface area (Å²) in [4.78, 5) is 9.53. The van der Waals surface area contributed by atoms with E-state index in [1.54, 1.807) is 54.9 Å². The second kappa shape index (κ2) is 8.33. The number of imidazole rings is 1. The van der Waals surface area contributed by atoms with Crippen molar-refractivity contribution in [2.45, 2.75) is 37.3 Å². The number of hydrogen-bond donors (Lipinski definition) is 1. The molecule has 1 fully saturated rings. The minimum Gasteiger partial charge on any atom is -0.455 e. The number of benzene rings is 1. The fourth-order valence-electron chi connectivity index (χ4n) is 4.72. The van der Waals surface area contributed by atoms with Crippen molar-refractivity contribution in [3.05, 3.63) is 66.2 Å². The lowest BCUT2D eigenvalue weighted by Crippen LogP contribution is -2.20. The monoisotopic (exact) mass is 492 g/mol. The number of aliphatic hydroxyl groups is 1. The highest BCUT2D eigenvalue weighted by atomic mass is 32.2. The van der Waals surface area contributed by atoms with Crippen molar-refractivity contribution >= 4 is 32.1 Å². The van der Waals surface area contributed by atoms with E-state index < -0.39 is 10.0 Å². The number of aryl methyl sites for hydroxylation is 1. The highest BCUT2D eigenvalue weighted by molar-refractivity contribution is 7.90. The van der Waals surface area contributed by atoms with Crippen LogP contribution in [0.2, 0.25) is 0 Å². The van der Waals surface area contributed by atoms with Crippen molar-refractivity contribution in [2.24, 2.45) is 0 Å². The van der Waals surface area contributed by atoms with E-state index in [0.29, 0.717) is 47.1 Å². The molecule has 1 aliphatic heterocycles. The molecule has 1 N–H and O–H groups in total. The Morgan fingerprint density at radius 3 is 2.57 bits per heavy atom. The fourth-order valence-corrected chi connectivity index (χ4v) is 6.02. The predicted molar refractivity (Wildman–Crippen MR) is 130 cm³/mol. The predicted octanol–water partition coefficient (Wildman–Crippen LogP) is 4.04. The van der Waals surface area contributed by atoms with Crippen LogP contribution in [0.4, 0.5) is 0 Å². The zero-order chi connectivity index (χ0) is 24.2. The van der Waals surface area contributed by atoms with Gasteiger partial charge in [-0.3, -0.25) is 0 Å². The molecule has 0 aliphatic carbocycles. The summed E-state index contributed by atoms with van der Waals surface area (Å²) in [7, 11) is -3.83. The lowest BCUT2D eigenvalue weighted by molar-refractivity contribution is 0.0709. The molecule has 1 saturated heterocycles. The van der Waals surface area contributed by atoms with Gasteiger partial charge in [0.2, 0.25) is 0 Å². The van der Waals surface area contributed by atoms with E-state index in [9.17, 15) is 13.5 Å². The van der Waals surface area contributed by atoms with Gasteiger partial charge < -0.3 is 18.8 Å². The van der Waals surface area contributed by atoms with E-state index in [-0.39, 0.29) is 17.5 Å². The van der Waals surface area contributed by atoms with Crippen LogP contribution in [-0.4, -0.2) is 45.2 Å². The zero-order valence-electron chi connectivity index (χ0n) is 19.1. The average molecular weight is 493 g/mol. The molecule has 35 heavy (non-hydrogen) atoms. The Balaban J connectivity index is 1.59. The van der Waals surface area contributed by atoms with E-state index >= 15 is 0 Å². The summed E-state index contributed by atoms with van der Waals surface area (Å²) in [5.74, 6) is 1.61. The van der Waals surface area contributed by atoms with Crippen molar-refractivity contribution in [1.82, 2.24) is 18.5 Å². The van der Waals surface area contributed by atoms with Gasteiger partial charge in [-0.2, -0.15) is 0 Å². The molecule has 0 unspecified atom stereocenters. The van der Waals surface area contributed by atoms with Crippen LogP contribution in [0.1, 0.15) is 30.2 Å².